The Bertz CT molecular complexity index is 691. The van der Waals surface area contributed by atoms with Crippen molar-refractivity contribution < 1.29 is 4.79 Å². The van der Waals surface area contributed by atoms with Gasteiger partial charge in [0.05, 0.1) is 18.2 Å². The van der Waals surface area contributed by atoms with Gasteiger partial charge < -0.3 is 0 Å². The number of rotatable bonds is 5. The van der Waals surface area contributed by atoms with E-state index < -0.39 is 0 Å². The molecule has 0 radical (unpaired) electrons. The molecule has 2 aromatic carbocycles. The van der Waals surface area contributed by atoms with Crippen molar-refractivity contribution in [3.63, 3.8) is 0 Å². The first-order valence-electron chi connectivity index (χ1n) is 6.55. The minimum Gasteiger partial charge on any atom is -0.295 e. The van der Waals surface area contributed by atoms with Gasteiger partial charge in [0.15, 0.2) is 5.78 Å². The summed E-state index contributed by atoms with van der Waals surface area (Å²) in [4.78, 5) is 14.2. The van der Waals surface area contributed by atoms with Gasteiger partial charge in [-0.2, -0.15) is 5.26 Å². The van der Waals surface area contributed by atoms with E-state index in [-0.39, 0.29) is 5.78 Å². The molecule has 3 nitrogen and oxygen atoms in total. The van der Waals surface area contributed by atoms with E-state index in [2.05, 4.69) is 22.0 Å². The molecule has 106 valence electrons. The van der Waals surface area contributed by atoms with Crippen molar-refractivity contribution in [1.82, 2.24) is 4.90 Å². The number of carbonyl (C=O) groups is 1. The molecule has 0 aromatic heterocycles. The van der Waals surface area contributed by atoms with Crippen molar-refractivity contribution in [2.45, 2.75) is 6.54 Å². The normalized spacial score (nSPS) is 10.4. The summed E-state index contributed by atoms with van der Waals surface area (Å²) in [5.74, 6) is 0.0708. The van der Waals surface area contributed by atoms with Gasteiger partial charge in [-0.05, 0) is 30.8 Å². The Morgan fingerprint density at radius 3 is 2.71 bits per heavy atom. The van der Waals surface area contributed by atoms with Gasteiger partial charge in [0.25, 0.3) is 0 Å². The highest BCUT2D eigenvalue weighted by atomic mass is 79.9. The SMILES string of the molecule is CN(CC(=O)c1ccccc1Br)Cc1cccc(C#N)c1. The number of likely N-dealkylation sites (N-methyl/N-ethyl adjacent to an activating group) is 1. The maximum atomic E-state index is 12.3. The molecule has 0 aliphatic heterocycles. The number of nitriles is 1. The lowest BCUT2D eigenvalue weighted by Gasteiger charge is -2.16. The molecule has 0 fully saturated rings. The molecule has 0 unspecified atom stereocenters. The lowest BCUT2D eigenvalue weighted by Crippen LogP contribution is -2.25. The molecular formula is C17H15BrN2O. The van der Waals surface area contributed by atoms with Crippen LogP contribution in [0.1, 0.15) is 21.5 Å². The van der Waals surface area contributed by atoms with E-state index in [1.165, 1.54) is 0 Å². The number of halogens is 1. The smallest absolute Gasteiger partial charge is 0.177 e. The largest absolute Gasteiger partial charge is 0.295 e. The summed E-state index contributed by atoms with van der Waals surface area (Å²) in [5.41, 5.74) is 2.35. The summed E-state index contributed by atoms with van der Waals surface area (Å²) >= 11 is 3.40. The Balaban J connectivity index is 2.02. The summed E-state index contributed by atoms with van der Waals surface area (Å²) in [5, 5.41) is 8.90. The molecule has 0 saturated carbocycles. The van der Waals surface area contributed by atoms with E-state index in [9.17, 15) is 4.79 Å². The molecule has 2 rings (SSSR count). The molecule has 2 aromatic rings. The molecule has 0 heterocycles. The van der Waals surface area contributed by atoms with Gasteiger partial charge in [-0.3, -0.25) is 9.69 Å². The van der Waals surface area contributed by atoms with E-state index in [1.807, 2.05) is 54.4 Å². The number of hydrogen-bond acceptors (Lipinski definition) is 3. The topological polar surface area (TPSA) is 44.1 Å². The molecule has 4 heteroatoms. The van der Waals surface area contributed by atoms with Crippen molar-refractivity contribution in [3.05, 3.63) is 69.7 Å². The summed E-state index contributed by atoms with van der Waals surface area (Å²) < 4.78 is 0.815. The van der Waals surface area contributed by atoms with Crippen LogP contribution < -0.4 is 0 Å². The average Bonchev–Trinajstić information content (AvgIpc) is 2.47. The van der Waals surface area contributed by atoms with E-state index >= 15 is 0 Å². The number of hydrogen-bond donors (Lipinski definition) is 0. The van der Waals surface area contributed by atoms with Crippen molar-refractivity contribution in [1.29, 1.82) is 5.26 Å². The molecule has 0 saturated heterocycles. The van der Waals surface area contributed by atoms with Crippen molar-refractivity contribution in [3.8, 4) is 6.07 Å². The zero-order valence-corrected chi connectivity index (χ0v) is 13.3. The summed E-state index contributed by atoms with van der Waals surface area (Å²) in [6.45, 7) is 0.963. The highest BCUT2D eigenvalue weighted by Gasteiger charge is 2.12. The summed E-state index contributed by atoms with van der Waals surface area (Å²) in [7, 11) is 1.90. The Morgan fingerprint density at radius 1 is 1.24 bits per heavy atom. The molecule has 0 N–H and O–H groups in total. The van der Waals surface area contributed by atoms with Crippen molar-refractivity contribution in [2.75, 3.05) is 13.6 Å². The number of benzene rings is 2. The predicted molar refractivity (Wildman–Crippen MR) is 86.0 cm³/mol. The number of Topliss-reactive ketones (excluding diaryl/α,β-unsaturated/α-hetero) is 1. The summed E-state index contributed by atoms with van der Waals surface area (Å²) in [6.07, 6.45) is 0. The van der Waals surface area contributed by atoms with Gasteiger partial charge in [0.2, 0.25) is 0 Å². The fraction of sp³-hybridized carbons (Fsp3) is 0.176. The Labute approximate surface area is 132 Å². The van der Waals surface area contributed by atoms with Crippen LogP contribution in [0.2, 0.25) is 0 Å². The minimum atomic E-state index is 0.0708. The zero-order valence-electron chi connectivity index (χ0n) is 11.7. The van der Waals surface area contributed by atoms with E-state index in [4.69, 9.17) is 5.26 Å². The molecule has 21 heavy (non-hydrogen) atoms. The average molecular weight is 343 g/mol. The van der Waals surface area contributed by atoms with Crippen LogP contribution in [-0.2, 0) is 6.54 Å². The van der Waals surface area contributed by atoms with Crippen LogP contribution in [0, 0.1) is 11.3 Å². The Morgan fingerprint density at radius 2 is 2.00 bits per heavy atom. The van der Waals surface area contributed by atoms with E-state index in [0.717, 1.165) is 10.0 Å². The van der Waals surface area contributed by atoms with Crippen LogP contribution in [0.5, 0.6) is 0 Å². The zero-order chi connectivity index (χ0) is 15.2. The van der Waals surface area contributed by atoms with Gasteiger partial charge in [0, 0.05) is 16.6 Å². The van der Waals surface area contributed by atoms with Crippen LogP contribution in [0.15, 0.2) is 53.0 Å². The highest BCUT2D eigenvalue weighted by molar-refractivity contribution is 9.10. The molecule has 0 bridgehead atoms. The first-order valence-corrected chi connectivity index (χ1v) is 7.35. The van der Waals surface area contributed by atoms with Crippen LogP contribution >= 0.6 is 15.9 Å². The maximum Gasteiger partial charge on any atom is 0.177 e. The highest BCUT2D eigenvalue weighted by Crippen LogP contribution is 2.17. The quantitative estimate of drug-likeness (QED) is 0.779. The number of ketones is 1. The third-order valence-electron chi connectivity index (χ3n) is 3.10. The first kappa shape index (κ1) is 15.4. The number of nitrogens with zero attached hydrogens (tertiary/aromatic N) is 2. The standard InChI is InChI=1S/C17H15BrN2O/c1-20(11-14-6-4-5-13(9-14)10-19)12-17(21)15-7-2-3-8-16(15)18/h2-9H,11-12H2,1H3. The van der Waals surface area contributed by atoms with E-state index in [0.29, 0.717) is 24.2 Å². The Kier molecular flexibility index (Phi) is 5.26. The van der Waals surface area contributed by atoms with Crippen LogP contribution in [-0.4, -0.2) is 24.3 Å². The first-order chi connectivity index (χ1) is 10.1. The molecular weight excluding hydrogens is 328 g/mol. The van der Waals surface area contributed by atoms with Gasteiger partial charge >= 0.3 is 0 Å². The fourth-order valence-electron chi connectivity index (χ4n) is 2.12. The second-order valence-electron chi connectivity index (χ2n) is 4.89. The minimum absolute atomic E-state index is 0.0708. The van der Waals surface area contributed by atoms with Crippen LogP contribution in [0.25, 0.3) is 0 Å². The molecule has 0 spiro atoms. The van der Waals surface area contributed by atoms with Crippen molar-refractivity contribution >= 4 is 21.7 Å². The van der Waals surface area contributed by atoms with Gasteiger partial charge in [-0.1, -0.05) is 46.3 Å². The molecule has 0 aliphatic rings. The molecule has 0 atom stereocenters. The third kappa shape index (κ3) is 4.25. The molecule has 0 amide bonds. The number of carbonyl (C=O) groups excluding carboxylic acids is 1. The lowest BCUT2D eigenvalue weighted by molar-refractivity contribution is 0.0942. The monoisotopic (exact) mass is 342 g/mol. The second-order valence-corrected chi connectivity index (χ2v) is 5.74. The third-order valence-corrected chi connectivity index (χ3v) is 3.79. The predicted octanol–water partition coefficient (Wildman–Crippen LogP) is 3.64. The summed E-state index contributed by atoms with van der Waals surface area (Å²) in [6, 6.07) is 17.0. The fourth-order valence-corrected chi connectivity index (χ4v) is 2.63. The van der Waals surface area contributed by atoms with Crippen LogP contribution in [0.4, 0.5) is 0 Å². The second kappa shape index (κ2) is 7.16. The van der Waals surface area contributed by atoms with Crippen LogP contribution in [0.3, 0.4) is 0 Å². The van der Waals surface area contributed by atoms with Gasteiger partial charge in [-0.15, -0.1) is 0 Å². The van der Waals surface area contributed by atoms with E-state index in [1.54, 1.807) is 6.07 Å². The van der Waals surface area contributed by atoms with Gasteiger partial charge in [-0.25, -0.2) is 0 Å². The van der Waals surface area contributed by atoms with Gasteiger partial charge in [0.1, 0.15) is 0 Å². The Hall–Kier alpha value is -1.96. The van der Waals surface area contributed by atoms with Crippen molar-refractivity contribution in [2.24, 2.45) is 0 Å². The maximum absolute atomic E-state index is 12.3. The lowest BCUT2D eigenvalue weighted by atomic mass is 10.1. The molecule has 0 aliphatic carbocycles.